The Kier molecular flexibility index (Phi) is 4.50. The van der Waals surface area contributed by atoms with E-state index in [-0.39, 0.29) is 29.7 Å². The fraction of sp³-hybridized carbons (Fsp3) is 0.353. The normalized spacial score (nSPS) is 15.0. The fourth-order valence-corrected chi connectivity index (χ4v) is 2.68. The standard InChI is InChI=1S/C17H12F6N6/c18-16(19,20)10-7-25-29(8-10)14-6-12(9-1-2-9)27-13(28-14)5-11-3-4-24-15(26-11)17(21,22)23/h3-4,6-9H,1-2,5H2. The van der Waals surface area contributed by atoms with Gasteiger partial charge in [0.15, 0.2) is 5.82 Å². The molecule has 152 valence electrons. The summed E-state index contributed by atoms with van der Waals surface area (Å²) in [6.07, 6.45) is -5.17. The van der Waals surface area contributed by atoms with Gasteiger partial charge in [-0.2, -0.15) is 31.4 Å². The fourth-order valence-electron chi connectivity index (χ4n) is 2.68. The van der Waals surface area contributed by atoms with Gasteiger partial charge in [0.2, 0.25) is 5.82 Å². The Morgan fingerprint density at radius 2 is 1.76 bits per heavy atom. The number of hydrogen-bond donors (Lipinski definition) is 0. The first-order valence-corrected chi connectivity index (χ1v) is 8.49. The monoisotopic (exact) mass is 414 g/mol. The van der Waals surface area contributed by atoms with Gasteiger partial charge in [-0.05, 0) is 18.9 Å². The quantitative estimate of drug-likeness (QED) is 0.605. The van der Waals surface area contributed by atoms with E-state index in [1.807, 2.05) is 0 Å². The Bertz CT molecular complexity index is 1040. The number of hydrogen-bond acceptors (Lipinski definition) is 5. The molecule has 0 unspecified atom stereocenters. The van der Waals surface area contributed by atoms with Crippen LogP contribution >= 0.6 is 0 Å². The van der Waals surface area contributed by atoms with Gasteiger partial charge in [0.1, 0.15) is 5.82 Å². The second-order valence-electron chi connectivity index (χ2n) is 6.56. The molecular formula is C17H12F6N6. The van der Waals surface area contributed by atoms with Crippen LogP contribution in [-0.4, -0.2) is 29.7 Å². The predicted molar refractivity (Wildman–Crippen MR) is 86.0 cm³/mol. The maximum atomic E-state index is 12.8. The maximum absolute atomic E-state index is 12.8. The van der Waals surface area contributed by atoms with Crippen molar-refractivity contribution in [2.24, 2.45) is 0 Å². The van der Waals surface area contributed by atoms with Crippen LogP contribution < -0.4 is 0 Å². The molecule has 4 rings (SSSR count). The summed E-state index contributed by atoms with van der Waals surface area (Å²) < 4.78 is 77.9. The summed E-state index contributed by atoms with van der Waals surface area (Å²) in [6, 6.07) is 2.84. The van der Waals surface area contributed by atoms with Crippen LogP contribution in [0.2, 0.25) is 0 Å². The molecule has 0 aromatic carbocycles. The molecule has 6 nitrogen and oxygen atoms in total. The van der Waals surface area contributed by atoms with E-state index in [1.165, 1.54) is 12.1 Å². The van der Waals surface area contributed by atoms with Gasteiger partial charge < -0.3 is 0 Å². The highest BCUT2D eigenvalue weighted by Gasteiger charge is 2.35. The highest BCUT2D eigenvalue weighted by molar-refractivity contribution is 5.30. The van der Waals surface area contributed by atoms with Gasteiger partial charge in [0, 0.05) is 30.1 Å². The maximum Gasteiger partial charge on any atom is 0.451 e. The van der Waals surface area contributed by atoms with Crippen molar-refractivity contribution in [3.63, 3.8) is 0 Å². The summed E-state index contributed by atoms with van der Waals surface area (Å²) in [6.45, 7) is 0. The topological polar surface area (TPSA) is 69.4 Å². The number of nitrogens with zero attached hydrogens (tertiary/aromatic N) is 6. The average molecular weight is 414 g/mol. The van der Waals surface area contributed by atoms with E-state index in [1.54, 1.807) is 0 Å². The molecule has 3 aromatic heterocycles. The van der Waals surface area contributed by atoms with E-state index in [0.717, 1.165) is 29.9 Å². The van der Waals surface area contributed by atoms with E-state index in [4.69, 9.17) is 0 Å². The molecule has 0 saturated heterocycles. The van der Waals surface area contributed by atoms with Crippen LogP contribution in [0.25, 0.3) is 5.82 Å². The Morgan fingerprint density at radius 1 is 1.00 bits per heavy atom. The highest BCUT2D eigenvalue weighted by Crippen LogP contribution is 2.39. The van der Waals surface area contributed by atoms with Crippen LogP contribution in [0.3, 0.4) is 0 Å². The van der Waals surface area contributed by atoms with Gasteiger partial charge in [-0.3, -0.25) is 0 Å². The first-order valence-electron chi connectivity index (χ1n) is 8.49. The first-order chi connectivity index (χ1) is 13.6. The van der Waals surface area contributed by atoms with Gasteiger partial charge in [-0.15, -0.1) is 0 Å². The molecule has 0 aliphatic heterocycles. The van der Waals surface area contributed by atoms with Gasteiger partial charge in [0.05, 0.1) is 23.9 Å². The van der Waals surface area contributed by atoms with Crippen molar-refractivity contribution in [1.29, 1.82) is 0 Å². The van der Waals surface area contributed by atoms with Gasteiger partial charge in [0.25, 0.3) is 0 Å². The third kappa shape index (κ3) is 4.35. The van der Waals surface area contributed by atoms with Crippen LogP contribution in [0.5, 0.6) is 0 Å². The predicted octanol–water partition coefficient (Wildman–Crippen LogP) is 3.96. The van der Waals surface area contributed by atoms with Crippen molar-refractivity contribution in [3.8, 4) is 5.82 Å². The summed E-state index contributed by atoms with van der Waals surface area (Å²) in [4.78, 5) is 15.2. The summed E-state index contributed by atoms with van der Waals surface area (Å²) in [5.74, 6) is -0.891. The van der Waals surface area contributed by atoms with Crippen molar-refractivity contribution in [2.45, 2.75) is 37.5 Å². The molecule has 12 heteroatoms. The summed E-state index contributed by atoms with van der Waals surface area (Å²) in [5.41, 5.74) is -0.280. The minimum Gasteiger partial charge on any atom is -0.237 e. The van der Waals surface area contributed by atoms with Gasteiger partial charge in [-0.25, -0.2) is 24.6 Å². The lowest BCUT2D eigenvalue weighted by atomic mass is 10.2. The Labute approximate surface area is 159 Å². The molecule has 1 aliphatic carbocycles. The smallest absolute Gasteiger partial charge is 0.237 e. The molecule has 3 heterocycles. The number of alkyl halides is 6. The van der Waals surface area contributed by atoms with Crippen molar-refractivity contribution >= 4 is 0 Å². The average Bonchev–Trinajstić information content (AvgIpc) is 3.36. The van der Waals surface area contributed by atoms with E-state index < -0.39 is 23.7 Å². The first kappa shape index (κ1) is 19.3. The SMILES string of the molecule is FC(F)(F)c1cnn(-c2cc(C3CC3)nc(Cc3ccnc(C(F)(F)F)n3)n2)c1. The largest absolute Gasteiger partial charge is 0.451 e. The minimum absolute atomic E-state index is 0.0441. The van der Waals surface area contributed by atoms with Crippen LogP contribution in [0.4, 0.5) is 26.3 Å². The Hall–Kier alpha value is -3.05. The van der Waals surface area contributed by atoms with Crippen LogP contribution in [-0.2, 0) is 18.8 Å². The summed E-state index contributed by atoms with van der Waals surface area (Å²) in [7, 11) is 0. The molecule has 1 aliphatic rings. The molecule has 29 heavy (non-hydrogen) atoms. The third-order valence-corrected chi connectivity index (χ3v) is 4.23. The molecular weight excluding hydrogens is 402 g/mol. The van der Waals surface area contributed by atoms with Gasteiger partial charge in [-0.1, -0.05) is 0 Å². The molecule has 1 saturated carbocycles. The highest BCUT2D eigenvalue weighted by atomic mass is 19.4. The molecule has 0 bridgehead atoms. The van der Waals surface area contributed by atoms with Crippen molar-refractivity contribution in [1.82, 2.24) is 29.7 Å². The molecule has 0 radical (unpaired) electrons. The van der Waals surface area contributed by atoms with Gasteiger partial charge >= 0.3 is 12.4 Å². The second kappa shape index (κ2) is 6.78. The summed E-state index contributed by atoms with van der Waals surface area (Å²) in [5, 5.41) is 3.70. The molecule has 0 amide bonds. The zero-order chi connectivity index (χ0) is 20.8. The van der Waals surface area contributed by atoms with E-state index in [0.29, 0.717) is 11.9 Å². The number of aromatic nitrogens is 6. The van der Waals surface area contributed by atoms with Crippen molar-refractivity contribution < 1.29 is 26.3 Å². The molecule has 0 atom stereocenters. The second-order valence-corrected chi connectivity index (χ2v) is 6.56. The Morgan fingerprint density at radius 3 is 2.38 bits per heavy atom. The molecule has 1 fully saturated rings. The lowest BCUT2D eigenvalue weighted by molar-refractivity contribution is -0.145. The van der Waals surface area contributed by atoms with Crippen LogP contribution in [0, 0.1) is 0 Å². The van der Waals surface area contributed by atoms with E-state index in [9.17, 15) is 26.3 Å². The summed E-state index contributed by atoms with van der Waals surface area (Å²) >= 11 is 0. The Balaban J connectivity index is 1.69. The molecule has 0 spiro atoms. The molecule has 0 N–H and O–H groups in total. The van der Waals surface area contributed by atoms with E-state index >= 15 is 0 Å². The molecule has 3 aromatic rings. The van der Waals surface area contributed by atoms with Crippen molar-refractivity contribution in [2.75, 3.05) is 0 Å². The van der Waals surface area contributed by atoms with Crippen LogP contribution in [0.15, 0.2) is 30.7 Å². The minimum atomic E-state index is -4.69. The lowest BCUT2D eigenvalue weighted by Crippen LogP contribution is -2.13. The van der Waals surface area contributed by atoms with Crippen LogP contribution in [0.1, 0.15) is 47.4 Å². The third-order valence-electron chi connectivity index (χ3n) is 4.23. The zero-order valence-corrected chi connectivity index (χ0v) is 14.5. The lowest BCUT2D eigenvalue weighted by Gasteiger charge is -2.09. The van der Waals surface area contributed by atoms with E-state index in [2.05, 4.69) is 25.0 Å². The van der Waals surface area contributed by atoms with Crippen molar-refractivity contribution in [3.05, 3.63) is 59.3 Å². The zero-order valence-electron chi connectivity index (χ0n) is 14.5. The number of rotatable bonds is 4. The number of halogens is 6.